The second-order valence-electron chi connectivity index (χ2n) is 4.61. The van der Waals surface area contributed by atoms with Gasteiger partial charge in [0.2, 0.25) is 5.91 Å². The van der Waals surface area contributed by atoms with Crippen molar-refractivity contribution < 1.29 is 9.59 Å². The predicted molar refractivity (Wildman–Crippen MR) is 77.1 cm³/mol. The number of carbonyl (C=O) groups is 2. The number of benzene rings is 1. The molecule has 0 unspecified atom stereocenters. The van der Waals surface area contributed by atoms with Gasteiger partial charge in [-0.3, -0.25) is 9.59 Å². The molecule has 102 valence electrons. The van der Waals surface area contributed by atoms with Crippen LogP contribution in [0.5, 0.6) is 0 Å². The van der Waals surface area contributed by atoms with Gasteiger partial charge in [0, 0.05) is 31.8 Å². The molecule has 0 radical (unpaired) electrons. The molecule has 1 aliphatic rings. The summed E-state index contributed by atoms with van der Waals surface area (Å²) in [5.41, 5.74) is 2.30. The summed E-state index contributed by atoms with van der Waals surface area (Å²) in [6.45, 7) is 3.86. The first-order valence-corrected chi connectivity index (χ1v) is 7.37. The summed E-state index contributed by atoms with van der Waals surface area (Å²) in [7, 11) is 0. The summed E-state index contributed by atoms with van der Waals surface area (Å²) in [6.07, 6.45) is 0.373. The molecule has 5 heteroatoms. The van der Waals surface area contributed by atoms with Gasteiger partial charge in [0.1, 0.15) is 0 Å². The minimum absolute atomic E-state index is 0.00900. The lowest BCUT2D eigenvalue weighted by molar-refractivity contribution is -0.121. The van der Waals surface area contributed by atoms with Crippen molar-refractivity contribution in [3.05, 3.63) is 35.4 Å². The number of amides is 2. The molecule has 1 aliphatic heterocycles. The zero-order chi connectivity index (χ0) is 13.7. The van der Waals surface area contributed by atoms with Crippen molar-refractivity contribution in [3.63, 3.8) is 0 Å². The Morgan fingerprint density at radius 1 is 1.37 bits per heavy atom. The van der Waals surface area contributed by atoms with E-state index in [1.807, 2.05) is 31.2 Å². The van der Waals surface area contributed by atoms with Crippen LogP contribution in [-0.2, 0) is 11.3 Å². The smallest absolute Gasteiger partial charge is 0.281 e. The molecule has 1 N–H and O–H groups in total. The minimum atomic E-state index is -0.00900. The van der Waals surface area contributed by atoms with Crippen molar-refractivity contribution in [2.45, 2.75) is 19.9 Å². The summed E-state index contributed by atoms with van der Waals surface area (Å²) >= 11 is 1.32. The molecule has 0 saturated carbocycles. The van der Waals surface area contributed by atoms with Crippen LogP contribution in [0.1, 0.15) is 17.5 Å². The van der Waals surface area contributed by atoms with Gasteiger partial charge in [0.05, 0.1) is 0 Å². The third kappa shape index (κ3) is 4.28. The number of hydrogen-bond acceptors (Lipinski definition) is 3. The lowest BCUT2D eigenvalue weighted by atomic mass is 10.1. The zero-order valence-electron chi connectivity index (χ0n) is 11.0. The Labute approximate surface area is 117 Å². The molecule has 0 atom stereocenters. The van der Waals surface area contributed by atoms with Crippen LogP contribution >= 0.6 is 11.8 Å². The Morgan fingerprint density at radius 2 is 2.11 bits per heavy atom. The standard InChI is InChI=1S/C14H18N2O2S/c1-11-2-4-12(5-3-11)10-15-13(17)6-7-16-8-9-19-14(16)18/h2-5H,6-10H2,1H3,(H,15,17). The van der Waals surface area contributed by atoms with Gasteiger partial charge in [-0.15, -0.1) is 0 Å². The molecule has 1 fully saturated rings. The molecule has 1 saturated heterocycles. The van der Waals surface area contributed by atoms with Gasteiger partial charge in [-0.1, -0.05) is 41.6 Å². The number of nitrogens with zero attached hydrogens (tertiary/aromatic N) is 1. The highest BCUT2D eigenvalue weighted by molar-refractivity contribution is 8.13. The van der Waals surface area contributed by atoms with E-state index in [9.17, 15) is 9.59 Å². The highest BCUT2D eigenvalue weighted by Gasteiger charge is 2.21. The predicted octanol–water partition coefficient (Wildman–Crippen LogP) is 2.17. The van der Waals surface area contributed by atoms with Gasteiger partial charge in [-0.05, 0) is 12.5 Å². The molecule has 1 aromatic rings. The fourth-order valence-corrected chi connectivity index (χ4v) is 2.71. The summed E-state index contributed by atoms with van der Waals surface area (Å²) in [6, 6.07) is 8.08. The first-order chi connectivity index (χ1) is 9.15. The molecule has 1 heterocycles. The van der Waals surface area contributed by atoms with Crippen molar-refractivity contribution in [1.29, 1.82) is 0 Å². The van der Waals surface area contributed by atoms with Gasteiger partial charge in [-0.2, -0.15) is 0 Å². The average Bonchev–Trinajstić information content (AvgIpc) is 2.81. The lowest BCUT2D eigenvalue weighted by Gasteiger charge is -2.13. The molecule has 0 aliphatic carbocycles. The first-order valence-electron chi connectivity index (χ1n) is 6.39. The van der Waals surface area contributed by atoms with Gasteiger partial charge in [-0.25, -0.2) is 0 Å². The monoisotopic (exact) mass is 278 g/mol. The molecule has 0 spiro atoms. The van der Waals surface area contributed by atoms with E-state index in [1.54, 1.807) is 4.90 Å². The fourth-order valence-electron chi connectivity index (χ4n) is 1.86. The second kappa shape index (κ2) is 6.61. The number of hydrogen-bond donors (Lipinski definition) is 1. The van der Waals surface area contributed by atoms with Crippen LogP contribution in [0, 0.1) is 6.92 Å². The van der Waals surface area contributed by atoms with E-state index in [-0.39, 0.29) is 11.1 Å². The van der Waals surface area contributed by atoms with Crippen molar-refractivity contribution in [1.82, 2.24) is 10.2 Å². The average molecular weight is 278 g/mol. The van der Waals surface area contributed by atoms with Crippen molar-refractivity contribution in [2.75, 3.05) is 18.8 Å². The Bertz CT molecular complexity index is 459. The molecular weight excluding hydrogens is 260 g/mol. The second-order valence-corrected chi connectivity index (χ2v) is 5.66. The van der Waals surface area contributed by atoms with Crippen LogP contribution < -0.4 is 5.32 Å². The van der Waals surface area contributed by atoms with Crippen molar-refractivity contribution in [2.24, 2.45) is 0 Å². The number of aryl methyl sites for hydroxylation is 1. The maximum atomic E-state index is 11.7. The highest BCUT2D eigenvalue weighted by Crippen LogP contribution is 2.16. The molecule has 2 amide bonds. The van der Waals surface area contributed by atoms with Crippen LogP contribution in [-0.4, -0.2) is 34.9 Å². The third-order valence-corrected chi connectivity index (χ3v) is 3.96. The first kappa shape index (κ1) is 13.9. The van der Waals surface area contributed by atoms with Gasteiger partial charge in [0.25, 0.3) is 5.24 Å². The van der Waals surface area contributed by atoms with Crippen molar-refractivity contribution >= 4 is 22.9 Å². The van der Waals surface area contributed by atoms with Crippen molar-refractivity contribution in [3.8, 4) is 0 Å². The highest BCUT2D eigenvalue weighted by atomic mass is 32.2. The summed E-state index contributed by atoms with van der Waals surface area (Å²) < 4.78 is 0. The Balaban J connectivity index is 1.69. The largest absolute Gasteiger partial charge is 0.352 e. The van der Waals surface area contributed by atoms with E-state index in [0.717, 1.165) is 17.9 Å². The molecule has 0 bridgehead atoms. The van der Waals surface area contributed by atoms with Crippen LogP contribution in [0.25, 0.3) is 0 Å². The molecule has 0 aromatic heterocycles. The van der Waals surface area contributed by atoms with Crippen LogP contribution in [0.15, 0.2) is 24.3 Å². The van der Waals surface area contributed by atoms with Crippen LogP contribution in [0.3, 0.4) is 0 Å². The van der Waals surface area contributed by atoms with Gasteiger partial charge in [0.15, 0.2) is 0 Å². The molecule has 4 nitrogen and oxygen atoms in total. The van der Waals surface area contributed by atoms with E-state index in [4.69, 9.17) is 0 Å². The van der Waals surface area contributed by atoms with E-state index in [1.165, 1.54) is 17.3 Å². The topological polar surface area (TPSA) is 49.4 Å². The maximum absolute atomic E-state index is 11.7. The molecule has 2 rings (SSSR count). The normalized spacial score (nSPS) is 14.8. The van der Waals surface area contributed by atoms with E-state index in [2.05, 4.69) is 5.32 Å². The minimum Gasteiger partial charge on any atom is -0.352 e. The Hall–Kier alpha value is -1.49. The number of nitrogens with one attached hydrogen (secondary N) is 1. The SMILES string of the molecule is Cc1ccc(CNC(=O)CCN2CCSC2=O)cc1. The molecule has 19 heavy (non-hydrogen) atoms. The molecular formula is C14H18N2O2S. The molecule has 1 aromatic carbocycles. The number of thioether (sulfide) groups is 1. The van der Waals surface area contributed by atoms with Crippen LogP contribution in [0.2, 0.25) is 0 Å². The summed E-state index contributed by atoms with van der Waals surface area (Å²) in [4.78, 5) is 24.8. The summed E-state index contributed by atoms with van der Waals surface area (Å²) in [5.74, 6) is 0.828. The van der Waals surface area contributed by atoms with E-state index < -0.39 is 0 Å². The Morgan fingerprint density at radius 3 is 2.74 bits per heavy atom. The maximum Gasteiger partial charge on any atom is 0.281 e. The zero-order valence-corrected chi connectivity index (χ0v) is 11.8. The van der Waals surface area contributed by atoms with Gasteiger partial charge >= 0.3 is 0 Å². The van der Waals surface area contributed by atoms with E-state index >= 15 is 0 Å². The fraction of sp³-hybridized carbons (Fsp3) is 0.429. The van der Waals surface area contributed by atoms with Crippen LogP contribution in [0.4, 0.5) is 4.79 Å². The lowest BCUT2D eigenvalue weighted by Crippen LogP contribution is -2.30. The Kier molecular flexibility index (Phi) is 4.85. The number of rotatable bonds is 5. The van der Waals surface area contributed by atoms with Gasteiger partial charge < -0.3 is 10.2 Å². The third-order valence-electron chi connectivity index (χ3n) is 3.06. The quantitative estimate of drug-likeness (QED) is 0.898. The summed E-state index contributed by atoms with van der Waals surface area (Å²) in [5, 5.41) is 2.96. The number of carbonyl (C=O) groups excluding carboxylic acids is 2. The van der Waals surface area contributed by atoms with E-state index in [0.29, 0.717) is 19.5 Å².